The SMILES string of the molecule is CCNc1cccc(C(=O)N(C)C2CCOC2)c1[N+](=O)[O-]. The summed E-state index contributed by atoms with van der Waals surface area (Å²) in [6, 6.07) is 4.72. The van der Waals surface area contributed by atoms with Crippen LogP contribution in [-0.2, 0) is 4.74 Å². The van der Waals surface area contributed by atoms with Crippen LogP contribution >= 0.6 is 0 Å². The van der Waals surface area contributed by atoms with Gasteiger partial charge in [0, 0.05) is 20.2 Å². The van der Waals surface area contributed by atoms with Crippen LogP contribution in [0.3, 0.4) is 0 Å². The van der Waals surface area contributed by atoms with Crippen molar-refractivity contribution >= 4 is 17.3 Å². The Kier molecular flexibility index (Phi) is 4.74. The van der Waals surface area contributed by atoms with E-state index in [9.17, 15) is 14.9 Å². The molecule has 0 spiro atoms. The highest BCUT2D eigenvalue weighted by Crippen LogP contribution is 2.30. The summed E-state index contributed by atoms with van der Waals surface area (Å²) in [5.41, 5.74) is 0.299. The maximum absolute atomic E-state index is 12.6. The fourth-order valence-corrected chi connectivity index (χ4v) is 2.43. The van der Waals surface area contributed by atoms with Crippen molar-refractivity contribution in [1.29, 1.82) is 0 Å². The van der Waals surface area contributed by atoms with Crippen molar-refractivity contribution in [1.82, 2.24) is 4.90 Å². The number of anilines is 1. The number of nitro benzene ring substituents is 1. The number of hydrogen-bond donors (Lipinski definition) is 1. The molecule has 0 aromatic heterocycles. The molecule has 0 radical (unpaired) electrons. The summed E-state index contributed by atoms with van der Waals surface area (Å²) in [4.78, 5) is 24.9. The average molecular weight is 293 g/mol. The molecule has 1 aliphatic rings. The summed E-state index contributed by atoms with van der Waals surface area (Å²) >= 11 is 0. The Morgan fingerprint density at radius 3 is 2.90 bits per heavy atom. The van der Waals surface area contributed by atoms with Gasteiger partial charge in [0.15, 0.2) is 0 Å². The molecule has 7 nitrogen and oxygen atoms in total. The number of benzene rings is 1. The maximum atomic E-state index is 12.6. The maximum Gasteiger partial charge on any atom is 0.305 e. The van der Waals surface area contributed by atoms with Crippen molar-refractivity contribution in [3.8, 4) is 0 Å². The number of nitrogens with one attached hydrogen (secondary N) is 1. The van der Waals surface area contributed by atoms with Crippen molar-refractivity contribution in [2.45, 2.75) is 19.4 Å². The smallest absolute Gasteiger partial charge is 0.305 e. The molecule has 2 rings (SSSR count). The first kappa shape index (κ1) is 15.2. The van der Waals surface area contributed by atoms with E-state index in [-0.39, 0.29) is 23.2 Å². The number of ether oxygens (including phenoxy) is 1. The van der Waals surface area contributed by atoms with Crippen LogP contribution in [-0.4, -0.2) is 48.6 Å². The molecule has 1 aliphatic heterocycles. The molecular formula is C14H19N3O4. The van der Waals surface area contributed by atoms with E-state index in [0.29, 0.717) is 25.4 Å². The predicted octanol–water partition coefficient (Wildman–Crippen LogP) is 1.89. The number of likely N-dealkylation sites (N-methyl/N-ethyl adjacent to an activating group) is 1. The number of carbonyl (C=O) groups excluding carboxylic acids is 1. The number of hydrogen-bond acceptors (Lipinski definition) is 5. The second kappa shape index (κ2) is 6.53. The molecule has 1 fully saturated rings. The van der Waals surface area contributed by atoms with Crippen LogP contribution in [0.2, 0.25) is 0 Å². The molecule has 1 saturated heterocycles. The second-order valence-corrected chi connectivity index (χ2v) is 4.92. The molecule has 1 aromatic carbocycles. The third-order valence-electron chi connectivity index (χ3n) is 3.59. The van der Waals surface area contributed by atoms with Crippen LogP contribution in [0.25, 0.3) is 0 Å². The third-order valence-corrected chi connectivity index (χ3v) is 3.59. The van der Waals surface area contributed by atoms with Crippen molar-refractivity contribution in [3.05, 3.63) is 33.9 Å². The van der Waals surface area contributed by atoms with E-state index in [2.05, 4.69) is 5.32 Å². The lowest BCUT2D eigenvalue weighted by Crippen LogP contribution is -2.37. The van der Waals surface area contributed by atoms with Crippen molar-refractivity contribution in [2.75, 3.05) is 32.1 Å². The number of nitro groups is 1. The molecule has 21 heavy (non-hydrogen) atoms. The molecule has 1 heterocycles. The second-order valence-electron chi connectivity index (χ2n) is 4.92. The Bertz CT molecular complexity index is 541. The molecule has 0 saturated carbocycles. The van der Waals surface area contributed by atoms with E-state index < -0.39 is 4.92 Å². The lowest BCUT2D eigenvalue weighted by Gasteiger charge is -2.23. The molecule has 1 amide bonds. The van der Waals surface area contributed by atoms with Crippen molar-refractivity contribution < 1.29 is 14.5 Å². The van der Waals surface area contributed by atoms with E-state index in [1.165, 1.54) is 11.0 Å². The highest BCUT2D eigenvalue weighted by Gasteiger charge is 2.30. The number of rotatable bonds is 5. The van der Waals surface area contributed by atoms with Gasteiger partial charge in [0.2, 0.25) is 0 Å². The molecular weight excluding hydrogens is 274 g/mol. The molecule has 1 N–H and O–H groups in total. The van der Waals surface area contributed by atoms with Gasteiger partial charge in [-0.2, -0.15) is 0 Å². The van der Waals surface area contributed by atoms with Crippen LogP contribution in [0.4, 0.5) is 11.4 Å². The van der Waals surface area contributed by atoms with Crippen LogP contribution in [0.1, 0.15) is 23.7 Å². The summed E-state index contributed by atoms with van der Waals surface area (Å²) in [6.07, 6.45) is 0.753. The van der Waals surface area contributed by atoms with Gasteiger partial charge in [-0.25, -0.2) is 0 Å². The Morgan fingerprint density at radius 1 is 1.57 bits per heavy atom. The summed E-state index contributed by atoms with van der Waals surface area (Å²) in [7, 11) is 1.66. The molecule has 0 bridgehead atoms. The standard InChI is InChI=1S/C14H19N3O4/c1-3-15-12-6-4-5-11(13(12)17(19)20)14(18)16(2)10-7-8-21-9-10/h4-6,10,15H,3,7-9H2,1-2H3. The number of carbonyl (C=O) groups is 1. The Morgan fingerprint density at radius 2 is 2.33 bits per heavy atom. The fraction of sp³-hybridized carbons (Fsp3) is 0.500. The zero-order valence-electron chi connectivity index (χ0n) is 12.2. The van der Waals surface area contributed by atoms with Crippen LogP contribution in [0.15, 0.2) is 18.2 Å². The molecule has 1 atom stereocenters. The fourth-order valence-electron chi connectivity index (χ4n) is 2.43. The topological polar surface area (TPSA) is 84.7 Å². The molecule has 114 valence electrons. The lowest BCUT2D eigenvalue weighted by molar-refractivity contribution is -0.384. The van der Waals surface area contributed by atoms with Gasteiger partial charge in [-0.3, -0.25) is 14.9 Å². The van der Waals surface area contributed by atoms with Gasteiger partial charge in [0.25, 0.3) is 5.91 Å². The van der Waals surface area contributed by atoms with Gasteiger partial charge < -0.3 is 15.0 Å². The normalized spacial score (nSPS) is 17.5. The van der Waals surface area contributed by atoms with E-state index >= 15 is 0 Å². The predicted molar refractivity (Wildman–Crippen MR) is 78.6 cm³/mol. The molecule has 0 aliphatic carbocycles. The summed E-state index contributed by atoms with van der Waals surface area (Å²) in [5, 5.41) is 14.3. The van der Waals surface area contributed by atoms with Gasteiger partial charge in [-0.15, -0.1) is 0 Å². The van der Waals surface area contributed by atoms with Crippen LogP contribution in [0.5, 0.6) is 0 Å². The van der Waals surface area contributed by atoms with Gasteiger partial charge in [0.05, 0.1) is 17.6 Å². The first-order chi connectivity index (χ1) is 10.1. The van der Waals surface area contributed by atoms with Gasteiger partial charge in [0.1, 0.15) is 11.3 Å². The minimum Gasteiger partial charge on any atom is -0.380 e. The highest BCUT2D eigenvalue weighted by atomic mass is 16.6. The van der Waals surface area contributed by atoms with Gasteiger partial charge in [-0.05, 0) is 25.5 Å². The van der Waals surface area contributed by atoms with E-state index in [1.807, 2.05) is 6.92 Å². The molecule has 1 unspecified atom stereocenters. The Balaban J connectivity index is 2.35. The van der Waals surface area contributed by atoms with E-state index in [0.717, 1.165) is 6.42 Å². The average Bonchev–Trinajstić information content (AvgIpc) is 2.99. The zero-order chi connectivity index (χ0) is 15.4. The number of amides is 1. The quantitative estimate of drug-likeness (QED) is 0.662. The lowest BCUT2D eigenvalue weighted by atomic mass is 10.1. The summed E-state index contributed by atoms with van der Waals surface area (Å²) in [5.74, 6) is -0.350. The minimum absolute atomic E-state index is 0.0279. The van der Waals surface area contributed by atoms with Crippen LogP contribution < -0.4 is 5.32 Å². The number of nitrogens with zero attached hydrogens (tertiary/aromatic N) is 2. The minimum atomic E-state index is -0.510. The molecule has 7 heteroatoms. The largest absolute Gasteiger partial charge is 0.380 e. The molecule has 1 aromatic rings. The first-order valence-corrected chi connectivity index (χ1v) is 6.92. The van der Waals surface area contributed by atoms with E-state index in [1.54, 1.807) is 19.2 Å². The van der Waals surface area contributed by atoms with Crippen molar-refractivity contribution in [2.24, 2.45) is 0 Å². The Hall–Kier alpha value is -2.15. The monoisotopic (exact) mass is 293 g/mol. The highest BCUT2D eigenvalue weighted by molar-refractivity contribution is 6.00. The van der Waals surface area contributed by atoms with Crippen molar-refractivity contribution in [3.63, 3.8) is 0 Å². The van der Waals surface area contributed by atoms with E-state index in [4.69, 9.17) is 4.74 Å². The van der Waals surface area contributed by atoms with Crippen LogP contribution in [0, 0.1) is 10.1 Å². The first-order valence-electron chi connectivity index (χ1n) is 6.92. The Labute approximate surface area is 123 Å². The summed E-state index contributed by atoms with van der Waals surface area (Å²) < 4.78 is 5.26. The number of para-hydroxylation sites is 1. The van der Waals surface area contributed by atoms with Gasteiger partial charge in [-0.1, -0.05) is 6.07 Å². The third kappa shape index (κ3) is 3.13. The zero-order valence-corrected chi connectivity index (χ0v) is 12.2. The summed E-state index contributed by atoms with van der Waals surface area (Å²) in [6.45, 7) is 3.48. The van der Waals surface area contributed by atoms with Gasteiger partial charge >= 0.3 is 5.69 Å².